The Morgan fingerprint density at radius 1 is 1.05 bits per heavy atom. The monoisotopic (exact) mass is 382 g/mol. The SMILES string of the molecule is OC1CC(c2ccccc2Br)Oc2ccc(Br)cc21. The Hall–Kier alpha value is -0.840. The zero-order valence-corrected chi connectivity index (χ0v) is 13.2. The molecule has 0 bridgehead atoms. The molecule has 2 atom stereocenters. The third-order valence-electron chi connectivity index (χ3n) is 3.29. The van der Waals surface area contributed by atoms with E-state index in [-0.39, 0.29) is 6.10 Å². The molecule has 2 aromatic rings. The van der Waals surface area contributed by atoms with Gasteiger partial charge in [0.2, 0.25) is 0 Å². The standard InChI is InChI=1S/C15H12Br2O2/c16-9-5-6-14-11(7-9)13(18)8-15(19-14)10-3-1-2-4-12(10)17/h1-7,13,15,18H,8H2. The van der Waals surface area contributed by atoms with E-state index in [9.17, 15) is 5.11 Å². The summed E-state index contributed by atoms with van der Waals surface area (Å²) in [5.74, 6) is 0.753. The maximum Gasteiger partial charge on any atom is 0.128 e. The van der Waals surface area contributed by atoms with E-state index in [4.69, 9.17) is 4.74 Å². The molecule has 19 heavy (non-hydrogen) atoms. The molecule has 1 aliphatic heterocycles. The Morgan fingerprint density at radius 2 is 1.84 bits per heavy atom. The predicted octanol–water partition coefficient (Wildman–Crippen LogP) is 4.77. The lowest BCUT2D eigenvalue weighted by molar-refractivity contribution is 0.0653. The molecule has 0 saturated heterocycles. The number of hydrogen-bond donors (Lipinski definition) is 1. The van der Waals surface area contributed by atoms with Gasteiger partial charge in [0.25, 0.3) is 0 Å². The Bertz CT molecular complexity index is 613. The maximum absolute atomic E-state index is 10.3. The lowest BCUT2D eigenvalue weighted by Crippen LogP contribution is -2.19. The number of fused-ring (bicyclic) bond motifs is 1. The second-order valence-corrected chi connectivity index (χ2v) is 6.33. The van der Waals surface area contributed by atoms with E-state index in [1.54, 1.807) is 0 Å². The number of halogens is 2. The van der Waals surface area contributed by atoms with E-state index < -0.39 is 6.10 Å². The van der Waals surface area contributed by atoms with E-state index >= 15 is 0 Å². The van der Waals surface area contributed by atoms with Gasteiger partial charge in [0.05, 0.1) is 6.10 Å². The molecule has 2 unspecified atom stereocenters. The lowest BCUT2D eigenvalue weighted by atomic mass is 9.95. The summed E-state index contributed by atoms with van der Waals surface area (Å²) in [6.07, 6.45) is -0.0656. The van der Waals surface area contributed by atoms with Gasteiger partial charge in [-0.05, 0) is 24.3 Å². The summed E-state index contributed by atoms with van der Waals surface area (Å²) in [6.45, 7) is 0. The number of aliphatic hydroxyl groups excluding tert-OH is 1. The van der Waals surface area contributed by atoms with Crippen molar-refractivity contribution in [3.63, 3.8) is 0 Å². The first-order valence-electron chi connectivity index (χ1n) is 6.04. The zero-order valence-electron chi connectivity index (χ0n) is 10.0. The highest BCUT2D eigenvalue weighted by Crippen LogP contribution is 2.43. The highest BCUT2D eigenvalue weighted by atomic mass is 79.9. The van der Waals surface area contributed by atoms with Crippen LogP contribution in [0.4, 0.5) is 0 Å². The van der Waals surface area contributed by atoms with E-state index in [0.29, 0.717) is 6.42 Å². The van der Waals surface area contributed by atoms with Gasteiger partial charge in [0.1, 0.15) is 11.9 Å². The molecule has 0 aliphatic carbocycles. The molecular formula is C15H12Br2O2. The van der Waals surface area contributed by atoms with Crippen molar-refractivity contribution in [2.75, 3.05) is 0 Å². The van der Waals surface area contributed by atoms with E-state index in [1.807, 2.05) is 42.5 Å². The lowest BCUT2D eigenvalue weighted by Gasteiger charge is -2.30. The minimum Gasteiger partial charge on any atom is -0.485 e. The average Bonchev–Trinajstić information content (AvgIpc) is 2.40. The Kier molecular flexibility index (Phi) is 3.65. The van der Waals surface area contributed by atoms with E-state index in [1.165, 1.54) is 0 Å². The largest absolute Gasteiger partial charge is 0.485 e. The molecule has 0 amide bonds. The molecule has 0 radical (unpaired) electrons. The van der Waals surface area contributed by atoms with Gasteiger partial charge in [-0.2, -0.15) is 0 Å². The molecule has 1 N–H and O–H groups in total. The van der Waals surface area contributed by atoms with Crippen LogP contribution in [0.15, 0.2) is 51.4 Å². The van der Waals surface area contributed by atoms with Gasteiger partial charge < -0.3 is 9.84 Å². The molecule has 3 rings (SSSR count). The summed E-state index contributed by atoms with van der Waals surface area (Å²) >= 11 is 6.95. The van der Waals surface area contributed by atoms with Crippen LogP contribution >= 0.6 is 31.9 Å². The molecule has 1 aliphatic rings. The molecule has 98 valence electrons. The normalized spacial score (nSPS) is 21.6. The Morgan fingerprint density at radius 3 is 2.63 bits per heavy atom. The van der Waals surface area contributed by atoms with Gasteiger partial charge in [-0.25, -0.2) is 0 Å². The fourth-order valence-electron chi connectivity index (χ4n) is 2.34. The first-order valence-corrected chi connectivity index (χ1v) is 7.62. The van der Waals surface area contributed by atoms with Crippen LogP contribution in [0.2, 0.25) is 0 Å². The first-order chi connectivity index (χ1) is 9.15. The fourth-order valence-corrected chi connectivity index (χ4v) is 3.26. The summed E-state index contributed by atoms with van der Waals surface area (Å²) < 4.78 is 7.97. The summed E-state index contributed by atoms with van der Waals surface area (Å²) in [4.78, 5) is 0. The number of rotatable bonds is 1. The van der Waals surface area contributed by atoms with Crippen LogP contribution in [0.3, 0.4) is 0 Å². The van der Waals surface area contributed by atoms with Crippen molar-refractivity contribution in [3.05, 3.63) is 62.5 Å². The Labute approximate surface area is 128 Å². The van der Waals surface area contributed by atoms with E-state index in [2.05, 4.69) is 31.9 Å². The summed E-state index contributed by atoms with van der Waals surface area (Å²) in [5, 5.41) is 10.3. The van der Waals surface area contributed by atoms with Gasteiger partial charge in [0, 0.05) is 26.5 Å². The second-order valence-electron chi connectivity index (χ2n) is 4.56. The zero-order chi connectivity index (χ0) is 13.4. The summed E-state index contributed by atoms with van der Waals surface area (Å²) in [6, 6.07) is 13.7. The Balaban J connectivity index is 1.97. The van der Waals surface area contributed by atoms with Crippen molar-refractivity contribution in [3.8, 4) is 5.75 Å². The van der Waals surface area contributed by atoms with Crippen LogP contribution < -0.4 is 4.74 Å². The fraction of sp³-hybridized carbons (Fsp3) is 0.200. The minimum absolute atomic E-state index is 0.126. The molecule has 0 fully saturated rings. The van der Waals surface area contributed by atoms with Crippen LogP contribution in [-0.2, 0) is 0 Å². The van der Waals surface area contributed by atoms with Crippen molar-refractivity contribution in [1.29, 1.82) is 0 Å². The van der Waals surface area contributed by atoms with Crippen molar-refractivity contribution < 1.29 is 9.84 Å². The highest BCUT2D eigenvalue weighted by molar-refractivity contribution is 9.10. The maximum atomic E-state index is 10.3. The highest BCUT2D eigenvalue weighted by Gasteiger charge is 2.29. The number of aliphatic hydroxyl groups is 1. The summed E-state index contributed by atoms with van der Waals surface area (Å²) in [5.41, 5.74) is 1.91. The van der Waals surface area contributed by atoms with Crippen LogP contribution in [0.25, 0.3) is 0 Å². The van der Waals surface area contributed by atoms with Crippen molar-refractivity contribution >= 4 is 31.9 Å². The van der Waals surface area contributed by atoms with Crippen LogP contribution in [0.1, 0.15) is 29.8 Å². The van der Waals surface area contributed by atoms with Crippen LogP contribution in [0, 0.1) is 0 Å². The van der Waals surface area contributed by atoms with Crippen LogP contribution in [-0.4, -0.2) is 5.11 Å². The third-order valence-corrected chi connectivity index (χ3v) is 4.50. The molecule has 0 aromatic heterocycles. The van der Waals surface area contributed by atoms with Crippen molar-refractivity contribution in [1.82, 2.24) is 0 Å². The molecule has 4 heteroatoms. The third kappa shape index (κ3) is 2.57. The number of hydrogen-bond acceptors (Lipinski definition) is 2. The summed E-state index contributed by atoms with van der Waals surface area (Å²) in [7, 11) is 0. The van der Waals surface area contributed by atoms with Crippen molar-refractivity contribution in [2.24, 2.45) is 0 Å². The predicted molar refractivity (Wildman–Crippen MR) is 81.2 cm³/mol. The minimum atomic E-state index is -0.502. The van der Waals surface area contributed by atoms with Gasteiger partial charge in [-0.1, -0.05) is 50.1 Å². The van der Waals surface area contributed by atoms with Gasteiger partial charge in [0.15, 0.2) is 0 Å². The number of ether oxygens (including phenoxy) is 1. The van der Waals surface area contributed by atoms with E-state index in [0.717, 1.165) is 25.8 Å². The van der Waals surface area contributed by atoms with Crippen molar-refractivity contribution in [2.45, 2.75) is 18.6 Å². The average molecular weight is 384 g/mol. The van der Waals surface area contributed by atoms with Gasteiger partial charge in [-0.3, -0.25) is 0 Å². The topological polar surface area (TPSA) is 29.5 Å². The molecular weight excluding hydrogens is 372 g/mol. The molecule has 1 heterocycles. The molecule has 2 aromatic carbocycles. The van der Waals surface area contributed by atoms with Gasteiger partial charge in [-0.15, -0.1) is 0 Å². The van der Waals surface area contributed by atoms with Crippen LogP contribution in [0.5, 0.6) is 5.75 Å². The molecule has 0 spiro atoms. The smallest absolute Gasteiger partial charge is 0.128 e. The molecule has 2 nitrogen and oxygen atoms in total. The first kappa shape index (κ1) is 13.2. The second kappa shape index (κ2) is 5.27. The van der Waals surface area contributed by atoms with Gasteiger partial charge >= 0.3 is 0 Å². The molecule has 0 saturated carbocycles. The number of benzene rings is 2. The quantitative estimate of drug-likeness (QED) is 0.768.